The molecule has 2 unspecified atom stereocenters. The lowest BCUT2D eigenvalue weighted by Crippen LogP contribution is -2.61. The van der Waals surface area contributed by atoms with Crippen LogP contribution in [0.4, 0.5) is 17.6 Å². The molecule has 12 amide bonds. The van der Waals surface area contributed by atoms with Crippen molar-refractivity contribution in [2.24, 2.45) is 17.8 Å². The van der Waals surface area contributed by atoms with Crippen molar-refractivity contribution < 1.29 is 79.8 Å². The quantitative estimate of drug-likeness (QED) is 0.155. The van der Waals surface area contributed by atoms with Gasteiger partial charge in [0.1, 0.15) is 60.3 Å². The highest BCUT2D eigenvalue weighted by Gasteiger charge is 2.45. The van der Waals surface area contributed by atoms with Gasteiger partial charge in [0.05, 0.1) is 37.8 Å². The Bertz CT molecular complexity index is 3450. The van der Waals surface area contributed by atoms with Crippen LogP contribution >= 0.6 is 11.6 Å². The van der Waals surface area contributed by atoms with Crippen molar-refractivity contribution in [1.82, 2.24) is 65.5 Å². The normalized spacial score (nSPS) is 23.6. The Morgan fingerprint density at radius 3 is 1.78 bits per heavy atom. The second kappa shape index (κ2) is 37.9. The number of benzene rings is 2. The van der Waals surface area contributed by atoms with E-state index >= 15 is 23.6 Å². The van der Waals surface area contributed by atoms with E-state index in [-0.39, 0.29) is 56.7 Å². The van der Waals surface area contributed by atoms with Gasteiger partial charge in [-0.3, -0.25) is 62.5 Å². The lowest BCUT2D eigenvalue weighted by atomic mass is 9.95. The zero-order valence-electron chi connectivity index (χ0n) is 60.9. The molecule has 4 N–H and O–H groups in total. The summed E-state index contributed by atoms with van der Waals surface area (Å²) in [5, 5.41) is 11.2. The van der Waals surface area contributed by atoms with Crippen LogP contribution in [0.3, 0.4) is 0 Å². The predicted octanol–water partition coefficient (Wildman–Crippen LogP) is 4.26. The molecule has 3 heterocycles. The molecule has 5 rings (SSSR count). The molecule has 26 nitrogen and oxygen atoms in total. The molecule has 2 aromatic carbocycles. The summed E-state index contributed by atoms with van der Waals surface area (Å²) in [6.07, 6.45) is -4.06. The van der Waals surface area contributed by atoms with Gasteiger partial charge in [0, 0.05) is 92.7 Å². The van der Waals surface area contributed by atoms with Crippen LogP contribution in [0.15, 0.2) is 67.0 Å². The summed E-state index contributed by atoms with van der Waals surface area (Å²) in [6, 6.07) is -0.503. The van der Waals surface area contributed by atoms with Crippen LogP contribution in [0.25, 0.3) is 0 Å². The van der Waals surface area contributed by atoms with E-state index < -0.39 is 181 Å². The van der Waals surface area contributed by atoms with Crippen LogP contribution in [-0.2, 0) is 81.3 Å². The van der Waals surface area contributed by atoms with E-state index in [2.05, 4.69) is 26.3 Å². The van der Waals surface area contributed by atoms with Gasteiger partial charge in [-0.2, -0.15) is 13.2 Å². The maximum absolute atomic E-state index is 15.7. The lowest BCUT2D eigenvalue weighted by Gasteiger charge is -2.39. The molecular formula is C71H100ClF4N13O13. The first kappa shape index (κ1) is 83.9. The number of hydrogen-bond acceptors (Lipinski definition) is 14. The molecular weight excluding hydrogens is 1350 g/mol. The molecule has 2 aliphatic rings. The van der Waals surface area contributed by atoms with Gasteiger partial charge in [0.25, 0.3) is 0 Å². The van der Waals surface area contributed by atoms with Gasteiger partial charge in [-0.25, -0.2) is 4.39 Å². The number of likely N-dealkylation sites (N-methyl/N-ethyl adjacent to an activating group) is 7. The maximum atomic E-state index is 15.7. The number of amides is 12. The molecule has 0 radical (unpaired) electrons. The molecule has 3 aromatic rings. The minimum Gasteiger partial charge on any atom is -0.374 e. The number of carbonyl (C=O) groups is 12. The van der Waals surface area contributed by atoms with E-state index in [9.17, 15) is 51.5 Å². The van der Waals surface area contributed by atoms with Crippen molar-refractivity contribution in [2.45, 2.75) is 167 Å². The number of nitrogens with one attached hydrogen (secondary N) is 4. The highest BCUT2D eigenvalue weighted by atomic mass is 35.5. The molecule has 10 atom stereocenters. The third-order valence-corrected chi connectivity index (χ3v) is 19.0. The number of rotatable bonds is 15. The summed E-state index contributed by atoms with van der Waals surface area (Å²) < 4.78 is 62.4. The smallest absolute Gasteiger partial charge is 0.374 e. The number of hydrogen-bond donors (Lipinski definition) is 4. The van der Waals surface area contributed by atoms with E-state index in [1.165, 1.54) is 86.6 Å². The number of aromatic nitrogens is 1. The minimum absolute atomic E-state index is 0.0448. The number of likely N-dealkylation sites (tertiary alicyclic amines) is 1. The van der Waals surface area contributed by atoms with E-state index in [1.54, 1.807) is 65.8 Å². The number of methoxy groups -OCH3 is 1. The molecule has 0 spiro atoms. The van der Waals surface area contributed by atoms with E-state index in [0.717, 1.165) is 58.7 Å². The zero-order valence-corrected chi connectivity index (χ0v) is 61.7. The number of nitrogens with zero attached hydrogens (tertiary/aromatic N) is 9. The molecule has 2 fully saturated rings. The Kier molecular flexibility index (Phi) is 31.2. The number of ether oxygens (including phenoxy) is 1. The Balaban J connectivity index is 1.68. The summed E-state index contributed by atoms with van der Waals surface area (Å²) in [7, 11) is 10.2. The van der Waals surface area contributed by atoms with E-state index in [0.29, 0.717) is 35.4 Å². The first-order valence-corrected chi connectivity index (χ1v) is 34.5. The monoisotopic (exact) mass is 1450 g/mol. The Labute approximate surface area is 599 Å². The topological polar surface area (TPSA) is 301 Å². The van der Waals surface area contributed by atoms with Gasteiger partial charge in [0.15, 0.2) is 0 Å². The summed E-state index contributed by atoms with van der Waals surface area (Å²) in [5.41, 5.74) is -0.164. The lowest BCUT2D eigenvalue weighted by molar-refractivity contribution is -0.155. The van der Waals surface area contributed by atoms with Crippen molar-refractivity contribution in [3.63, 3.8) is 0 Å². The molecule has 562 valence electrons. The first-order chi connectivity index (χ1) is 47.8. The van der Waals surface area contributed by atoms with Crippen LogP contribution in [0.1, 0.15) is 122 Å². The fourth-order valence-electron chi connectivity index (χ4n) is 12.1. The van der Waals surface area contributed by atoms with Gasteiger partial charge >= 0.3 is 6.18 Å². The highest BCUT2D eigenvalue weighted by Crippen LogP contribution is 2.31. The number of halogens is 5. The van der Waals surface area contributed by atoms with E-state index in [4.69, 9.17) is 16.3 Å². The van der Waals surface area contributed by atoms with Gasteiger partial charge in [0.2, 0.25) is 70.9 Å². The van der Waals surface area contributed by atoms with Gasteiger partial charge < -0.3 is 65.2 Å². The summed E-state index contributed by atoms with van der Waals surface area (Å²) in [4.78, 5) is 189. The molecule has 102 heavy (non-hydrogen) atoms. The van der Waals surface area contributed by atoms with Crippen molar-refractivity contribution in [3.05, 3.63) is 100 Å². The van der Waals surface area contributed by atoms with Crippen LogP contribution in [0, 0.1) is 23.6 Å². The fraction of sp³-hybridized carbons (Fsp3) is 0.592. The largest absolute Gasteiger partial charge is 0.416 e. The number of pyridine rings is 1. The molecule has 1 aromatic heterocycles. The van der Waals surface area contributed by atoms with Crippen LogP contribution in [-0.4, -0.2) is 253 Å². The summed E-state index contributed by atoms with van der Waals surface area (Å²) >= 11 is 6.22. The van der Waals surface area contributed by atoms with Crippen molar-refractivity contribution in [2.75, 3.05) is 89.2 Å². The minimum atomic E-state index is -4.68. The van der Waals surface area contributed by atoms with Crippen molar-refractivity contribution >= 4 is 82.5 Å². The Morgan fingerprint density at radius 1 is 0.627 bits per heavy atom. The predicted molar refractivity (Wildman–Crippen MR) is 370 cm³/mol. The average molecular weight is 1460 g/mol. The van der Waals surface area contributed by atoms with Gasteiger partial charge in [-0.1, -0.05) is 83.8 Å². The summed E-state index contributed by atoms with van der Waals surface area (Å²) in [5.74, 6) is -12.1. The molecule has 2 aliphatic heterocycles. The third-order valence-electron chi connectivity index (χ3n) is 18.7. The molecule has 0 aliphatic carbocycles. The Morgan fingerprint density at radius 2 is 1.22 bits per heavy atom. The SMILES string of the molecule is CC[C@H](C)[C@@H]1NC(=O)[C@H](C)N(C)C(=O)CC(C(=O)N2CCCC2)NC(=O)[C@H](CC(C)C)N(C)C(=O)[C@H](C(OC)c2cncc(F)c2)N(C)C(=O)[C@H](CC(C)C)NC(=O)[C@H](CCc2ccc(C(F)(F)F)cc2)NC(=O)CN(C)C(=O)[C@H](Cc2ccc(Cl)cc2)N(C)C(=O)CN(C)C(=O)CN(C)C1=O. The molecule has 31 heteroatoms. The van der Waals surface area contributed by atoms with Crippen LogP contribution in [0.5, 0.6) is 0 Å². The van der Waals surface area contributed by atoms with E-state index in [1.807, 2.05) is 0 Å². The second-order valence-corrected chi connectivity index (χ2v) is 27.9. The van der Waals surface area contributed by atoms with Crippen molar-refractivity contribution in [1.29, 1.82) is 0 Å². The second-order valence-electron chi connectivity index (χ2n) is 27.5. The Hall–Kier alpha value is -8.80. The zero-order chi connectivity index (χ0) is 76.4. The number of alkyl halides is 3. The maximum Gasteiger partial charge on any atom is 0.416 e. The van der Waals surface area contributed by atoms with Gasteiger partial charge in [-0.05, 0) is 105 Å². The number of carbonyl (C=O) groups excluding carboxylic acids is 12. The van der Waals surface area contributed by atoms with Crippen molar-refractivity contribution in [3.8, 4) is 0 Å². The van der Waals surface area contributed by atoms with Crippen LogP contribution in [0.2, 0.25) is 5.02 Å². The standard InChI is InChI=1S/C71H100ClF4N13O13/c1-16-43(6)60-69(100)84(10)39-58(92)82(8)40-59(93)86(12)55(33-46-21-26-49(72)27-22-46)68(99)83(9)38-56(90)78-51(28-23-45-19-24-48(25-20-45)71(74,75)76)64(95)79-52(31-41(2)3)66(97)88(14)61(62(102-15)47-34-50(73)37-77-36-47)70(101)87(13)54(32-42(4)5)65(96)80-53(67(98)89-29-17-18-30-89)35-57(91)85(11)44(7)63(94)81-60/h19-22,24-27,34,36-37,41-44,51-55,60-62H,16-18,23,28-33,35,38-40H2,1-15H3,(H,78,90)(H,79,95)(H,80,96)(H,81,94)/t43-,44-,51-,52-,53?,54-,55-,60-,61-,62?/m0/s1. The molecule has 0 saturated carbocycles. The molecule has 0 bridgehead atoms. The van der Waals surface area contributed by atoms with Crippen LogP contribution < -0.4 is 21.3 Å². The summed E-state index contributed by atoms with van der Waals surface area (Å²) in [6.45, 7) is 10.4. The highest BCUT2D eigenvalue weighted by molar-refractivity contribution is 6.30. The fourth-order valence-corrected chi connectivity index (χ4v) is 12.2. The number of aryl methyl sites for hydroxylation is 1. The third kappa shape index (κ3) is 23.1. The first-order valence-electron chi connectivity index (χ1n) is 34.1. The van der Waals surface area contributed by atoms with Gasteiger partial charge in [-0.15, -0.1) is 0 Å². The average Bonchev–Trinajstić information content (AvgIpc) is 0.837. The molecule has 2 saturated heterocycles.